The molecule has 1 N–H and O–H groups in total. The molecular weight excluding hydrogens is 364 g/mol. The fourth-order valence-electron chi connectivity index (χ4n) is 3.28. The van der Waals surface area contributed by atoms with Crippen molar-refractivity contribution in [2.45, 2.75) is 46.6 Å². The minimum atomic E-state index is -0.466. The largest absolute Gasteiger partial charge is 0.452 e. The number of rotatable bonds is 6. The van der Waals surface area contributed by atoms with Crippen molar-refractivity contribution in [1.29, 1.82) is 0 Å². The van der Waals surface area contributed by atoms with Gasteiger partial charge in [0.1, 0.15) is 5.00 Å². The van der Waals surface area contributed by atoms with Gasteiger partial charge in [-0.2, -0.15) is 0 Å². The topological polar surface area (TPSA) is 69.6 Å². The Kier molecular flexibility index (Phi) is 6.01. The van der Waals surface area contributed by atoms with Crippen molar-refractivity contribution in [1.82, 2.24) is 9.88 Å². The molecule has 7 heteroatoms. The zero-order chi connectivity index (χ0) is 19.6. The number of ether oxygens (including phenoxy) is 2. The summed E-state index contributed by atoms with van der Waals surface area (Å²) < 4.78 is 12.8. The van der Waals surface area contributed by atoms with Crippen LogP contribution >= 0.6 is 11.3 Å². The highest BCUT2D eigenvalue weighted by atomic mass is 32.1. The first-order valence-electron chi connectivity index (χ1n) is 9.19. The standard InChI is InChI=1S/C20H26N2O4S/c1-12-7-8-13(2)22(12)19-18(14(3)15(4)27-19)20(24)26-11-17(23)21-10-16-6-5-9-25-16/h7-8,16H,5-6,9-11H2,1-4H3,(H,21,23)/t16-/m0/s1. The van der Waals surface area contributed by atoms with E-state index in [2.05, 4.69) is 9.88 Å². The molecule has 1 aliphatic rings. The van der Waals surface area contributed by atoms with Crippen LogP contribution < -0.4 is 5.32 Å². The van der Waals surface area contributed by atoms with Crippen molar-refractivity contribution in [2.75, 3.05) is 19.8 Å². The Hall–Kier alpha value is -2.12. The van der Waals surface area contributed by atoms with E-state index < -0.39 is 5.97 Å². The fourth-order valence-corrected chi connectivity index (χ4v) is 4.55. The van der Waals surface area contributed by atoms with Crippen molar-refractivity contribution < 1.29 is 19.1 Å². The second kappa shape index (κ2) is 8.27. The molecule has 0 unspecified atom stereocenters. The van der Waals surface area contributed by atoms with Crippen LogP contribution in [0.3, 0.4) is 0 Å². The van der Waals surface area contributed by atoms with Crippen molar-refractivity contribution in [3.05, 3.63) is 39.5 Å². The molecule has 1 aliphatic heterocycles. The van der Waals surface area contributed by atoms with Crippen LogP contribution in [0.25, 0.3) is 5.00 Å². The van der Waals surface area contributed by atoms with Gasteiger partial charge in [0, 0.05) is 29.4 Å². The SMILES string of the molecule is Cc1sc(-n2c(C)ccc2C)c(C(=O)OCC(=O)NC[C@@H]2CCCO2)c1C. The van der Waals surface area contributed by atoms with Crippen LogP contribution in [-0.4, -0.2) is 42.3 Å². The fraction of sp³-hybridized carbons (Fsp3) is 0.500. The molecule has 0 aliphatic carbocycles. The maximum Gasteiger partial charge on any atom is 0.341 e. The molecule has 1 saturated heterocycles. The number of nitrogens with one attached hydrogen (secondary N) is 1. The summed E-state index contributed by atoms with van der Waals surface area (Å²) >= 11 is 1.56. The third-order valence-corrected chi connectivity index (χ3v) is 6.12. The number of aromatic nitrogens is 1. The van der Waals surface area contributed by atoms with E-state index in [1.54, 1.807) is 11.3 Å². The van der Waals surface area contributed by atoms with Crippen LogP contribution in [0.2, 0.25) is 0 Å². The molecule has 0 radical (unpaired) electrons. The van der Waals surface area contributed by atoms with Gasteiger partial charge in [-0.1, -0.05) is 0 Å². The molecule has 1 amide bonds. The number of hydrogen-bond acceptors (Lipinski definition) is 5. The average Bonchev–Trinajstić information content (AvgIpc) is 3.33. The quantitative estimate of drug-likeness (QED) is 0.769. The third kappa shape index (κ3) is 4.25. The van der Waals surface area contributed by atoms with E-state index in [0.29, 0.717) is 12.1 Å². The molecule has 2 aromatic heterocycles. The van der Waals surface area contributed by atoms with Crippen molar-refractivity contribution in [3.63, 3.8) is 0 Å². The Balaban J connectivity index is 1.68. The van der Waals surface area contributed by atoms with Gasteiger partial charge >= 0.3 is 5.97 Å². The van der Waals surface area contributed by atoms with Crippen molar-refractivity contribution >= 4 is 23.2 Å². The number of hydrogen-bond donors (Lipinski definition) is 1. The van der Waals surface area contributed by atoms with E-state index in [1.807, 2.05) is 39.8 Å². The smallest absolute Gasteiger partial charge is 0.341 e. The number of aryl methyl sites for hydroxylation is 3. The van der Waals surface area contributed by atoms with Crippen LogP contribution in [0.4, 0.5) is 0 Å². The van der Waals surface area contributed by atoms with Gasteiger partial charge in [-0.3, -0.25) is 4.79 Å². The van der Waals surface area contributed by atoms with Gasteiger partial charge in [0.25, 0.3) is 5.91 Å². The molecule has 2 aromatic rings. The van der Waals surface area contributed by atoms with Crippen molar-refractivity contribution in [2.24, 2.45) is 0 Å². The molecular formula is C20H26N2O4S. The van der Waals surface area contributed by atoms with E-state index in [0.717, 1.165) is 46.3 Å². The number of carbonyl (C=O) groups excluding carboxylic acids is 2. The van der Waals surface area contributed by atoms with Gasteiger partial charge in [-0.05, 0) is 58.2 Å². The summed E-state index contributed by atoms with van der Waals surface area (Å²) in [5, 5.41) is 3.61. The molecule has 3 rings (SSSR count). The van der Waals surface area contributed by atoms with Gasteiger partial charge in [0.15, 0.2) is 6.61 Å². The van der Waals surface area contributed by atoms with Gasteiger partial charge in [0.05, 0.1) is 11.7 Å². The summed E-state index contributed by atoms with van der Waals surface area (Å²) in [7, 11) is 0. The first-order chi connectivity index (χ1) is 12.9. The second-order valence-corrected chi connectivity index (χ2v) is 8.13. The molecule has 0 saturated carbocycles. The molecule has 1 fully saturated rings. The predicted molar refractivity (Wildman–Crippen MR) is 105 cm³/mol. The van der Waals surface area contributed by atoms with Gasteiger partial charge in [-0.15, -0.1) is 11.3 Å². The third-order valence-electron chi connectivity index (χ3n) is 4.93. The molecule has 27 heavy (non-hydrogen) atoms. The normalized spacial score (nSPS) is 16.5. The number of carbonyl (C=O) groups is 2. The maximum absolute atomic E-state index is 12.7. The lowest BCUT2D eigenvalue weighted by Crippen LogP contribution is -2.34. The second-order valence-electron chi connectivity index (χ2n) is 6.93. The molecule has 146 valence electrons. The predicted octanol–water partition coefficient (Wildman–Crippen LogP) is 3.22. The van der Waals surface area contributed by atoms with Crippen LogP contribution in [0, 0.1) is 27.7 Å². The van der Waals surface area contributed by atoms with Crippen LogP contribution in [0.1, 0.15) is 45.0 Å². The van der Waals surface area contributed by atoms with E-state index in [4.69, 9.17) is 9.47 Å². The van der Waals surface area contributed by atoms with E-state index in [-0.39, 0.29) is 18.6 Å². The molecule has 6 nitrogen and oxygen atoms in total. The summed E-state index contributed by atoms with van der Waals surface area (Å²) in [6.45, 7) is 8.83. The highest BCUT2D eigenvalue weighted by Crippen LogP contribution is 2.33. The summed E-state index contributed by atoms with van der Waals surface area (Å²) in [5.41, 5.74) is 3.54. The zero-order valence-electron chi connectivity index (χ0n) is 16.3. The van der Waals surface area contributed by atoms with Crippen LogP contribution in [-0.2, 0) is 14.3 Å². The molecule has 0 aromatic carbocycles. The monoisotopic (exact) mass is 390 g/mol. The van der Waals surface area contributed by atoms with E-state index in [9.17, 15) is 9.59 Å². The Bertz CT molecular complexity index is 827. The highest BCUT2D eigenvalue weighted by molar-refractivity contribution is 7.15. The summed E-state index contributed by atoms with van der Waals surface area (Å²) in [6.07, 6.45) is 2.04. The first-order valence-corrected chi connectivity index (χ1v) is 10.0. The maximum atomic E-state index is 12.7. The molecule has 0 bridgehead atoms. The highest BCUT2D eigenvalue weighted by Gasteiger charge is 2.24. The van der Waals surface area contributed by atoms with Crippen LogP contribution in [0.15, 0.2) is 12.1 Å². The lowest BCUT2D eigenvalue weighted by atomic mass is 10.1. The minimum Gasteiger partial charge on any atom is -0.452 e. The van der Waals surface area contributed by atoms with Crippen molar-refractivity contribution in [3.8, 4) is 5.00 Å². The van der Waals surface area contributed by atoms with Gasteiger partial charge in [0.2, 0.25) is 0 Å². The molecule has 0 spiro atoms. The summed E-state index contributed by atoms with van der Waals surface area (Å²) in [4.78, 5) is 25.8. The number of thiophene rings is 1. The Morgan fingerprint density at radius 1 is 1.26 bits per heavy atom. The van der Waals surface area contributed by atoms with Crippen LogP contribution in [0.5, 0.6) is 0 Å². The Labute approximate surface area is 163 Å². The molecule has 3 heterocycles. The zero-order valence-corrected chi connectivity index (χ0v) is 17.1. The Morgan fingerprint density at radius 3 is 2.59 bits per heavy atom. The number of nitrogens with zero attached hydrogens (tertiary/aromatic N) is 1. The lowest BCUT2D eigenvalue weighted by molar-refractivity contribution is -0.124. The minimum absolute atomic E-state index is 0.0673. The van der Waals surface area contributed by atoms with E-state index >= 15 is 0 Å². The number of esters is 1. The van der Waals surface area contributed by atoms with E-state index in [1.165, 1.54) is 0 Å². The summed E-state index contributed by atoms with van der Waals surface area (Å²) in [5.74, 6) is -0.773. The molecule has 1 atom stereocenters. The summed E-state index contributed by atoms with van der Waals surface area (Å²) in [6, 6.07) is 4.04. The average molecular weight is 391 g/mol. The van der Waals surface area contributed by atoms with Gasteiger partial charge < -0.3 is 19.4 Å². The number of amides is 1. The lowest BCUT2D eigenvalue weighted by Gasteiger charge is -2.12. The first kappa shape index (κ1) is 19.6. The van der Waals surface area contributed by atoms with Gasteiger partial charge in [-0.25, -0.2) is 4.79 Å². The Morgan fingerprint density at radius 2 is 1.96 bits per heavy atom.